The number of aliphatic hydroxyl groups is 1. The number of nitrogens with zero attached hydrogens (tertiary/aromatic N) is 1. The van der Waals surface area contributed by atoms with E-state index >= 15 is 0 Å². The standard InChI is InChI=1S/C24H30N2O2.CH4O3S/c1-17-15-26(16-24(28)13-19-6-3-4-7-20(19)14-24)11-10-23(17,2)21-9-5-8-18(12-21)22(25)27;1-5(2,3)4/h3-9,12,17,28H,10-11,13-16H2,1-2H3,(H2,25,27);1H3,(H,2,3,4)/t17-,23-;/m0./s1. The topological polar surface area (TPSA) is 121 Å². The Bertz CT molecular complexity index is 1080. The summed E-state index contributed by atoms with van der Waals surface area (Å²) < 4.78 is 25.9. The zero-order chi connectivity index (χ0) is 24.4. The van der Waals surface area contributed by atoms with E-state index in [2.05, 4.69) is 49.1 Å². The molecule has 1 heterocycles. The molecule has 2 atom stereocenters. The maximum absolute atomic E-state index is 11.6. The van der Waals surface area contributed by atoms with Gasteiger partial charge in [0, 0.05) is 31.5 Å². The Labute approximate surface area is 196 Å². The number of carbonyl (C=O) groups excluding carboxylic acids is 1. The van der Waals surface area contributed by atoms with E-state index in [0.29, 0.717) is 24.3 Å². The van der Waals surface area contributed by atoms with E-state index in [1.807, 2.05) is 12.1 Å². The molecule has 4 rings (SSSR count). The highest BCUT2D eigenvalue weighted by Gasteiger charge is 2.42. The lowest BCUT2D eigenvalue weighted by atomic mass is 9.67. The SMILES string of the molecule is CS(=O)(=O)O.C[C@H]1CN(CC2(O)Cc3ccccc3C2)CC[C@]1(C)c1cccc(C(N)=O)c1. The number of β-amino-alcohol motifs (C(OH)–C–C–N with tert-alkyl or cyclic N) is 1. The van der Waals surface area contributed by atoms with Crippen molar-refractivity contribution in [1.29, 1.82) is 0 Å². The number of hydrogen-bond donors (Lipinski definition) is 3. The van der Waals surface area contributed by atoms with Gasteiger partial charge in [0.1, 0.15) is 0 Å². The van der Waals surface area contributed by atoms with Crippen molar-refractivity contribution >= 4 is 16.0 Å². The lowest BCUT2D eigenvalue weighted by molar-refractivity contribution is -0.00935. The van der Waals surface area contributed by atoms with Gasteiger partial charge in [-0.25, -0.2) is 0 Å². The normalized spacial score (nSPS) is 24.5. The highest BCUT2D eigenvalue weighted by atomic mass is 32.2. The van der Waals surface area contributed by atoms with E-state index < -0.39 is 15.7 Å². The molecule has 0 spiro atoms. The van der Waals surface area contributed by atoms with Crippen LogP contribution in [0.1, 0.15) is 47.3 Å². The predicted octanol–water partition coefficient (Wildman–Crippen LogP) is 2.42. The van der Waals surface area contributed by atoms with Gasteiger partial charge in [-0.2, -0.15) is 8.42 Å². The molecule has 2 aliphatic rings. The minimum Gasteiger partial charge on any atom is -0.388 e. The van der Waals surface area contributed by atoms with E-state index in [1.165, 1.54) is 16.7 Å². The number of nitrogens with two attached hydrogens (primary N) is 1. The molecule has 0 aromatic heterocycles. The van der Waals surface area contributed by atoms with Gasteiger partial charge < -0.3 is 15.7 Å². The Hall–Kier alpha value is -2.26. The molecule has 1 aliphatic heterocycles. The monoisotopic (exact) mass is 474 g/mol. The molecule has 2 aromatic rings. The van der Waals surface area contributed by atoms with Gasteiger partial charge >= 0.3 is 0 Å². The van der Waals surface area contributed by atoms with E-state index in [0.717, 1.165) is 32.4 Å². The molecule has 0 saturated carbocycles. The fourth-order valence-corrected chi connectivity index (χ4v) is 5.12. The van der Waals surface area contributed by atoms with E-state index in [9.17, 15) is 18.3 Å². The smallest absolute Gasteiger partial charge is 0.261 e. The number of amides is 1. The zero-order valence-electron chi connectivity index (χ0n) is 19.5. The summed E-state index contributed by atoms with van der Waals surface area (Å²) in [6.45, 7) is 7.16. The van der Waals surface area contributed by atoms with Gasteiger partial charge in [-0.3, -0.25) is 9.35 Å². The van der Waals surface area contributed by atoms with Crippen LogP contribution in [0.4, 0.5) is 0 Å². The second-order valence-electron chi connectivity index (χ2n) is 9.83. The zero-order valence-corrected chi connectivity index (χ0v) is 20.3. The fraction of sp³-hybridized carbons (Fsp3) is 0.480. The number of carbonyl (C=O) groups is 1. The lowest BCUT2D eigenvalue weighted by Gasteiger charge is -2.46. The Balaban J connectivity index is 0.000000555. The van der Waals surface area contributed by atoms with Crippen molar-refractivity contribution in [1.82, 2.24) is 4.90 Å². The maximum Gasteiger partial charge on any atom is 0.261 e. The van der Waals surface area contributed by atoms with E-state index in [1.54, 1.807) is 6.07 Å². The van der Waals surface area contributed by atoms with Crippen molar-refractivity contribution in [2.24, 2.45) is 11.7 Å². The molecule has 33 heavy (non-hydrogen) atoms. The summed E-state index contributed by atoms with van der Waals surface area (Å²) >= 11 is 0. The van der Waals surface area contributed by atoms with Crippen LogP contribution in [0.3, 0.4) is 0 Å². The summed E-state index contributed by atoms with van der Waals surface area (Å²) in [6, 6.07) is 16.2. The molecule has 7 nitrogen and oxygen atoms in total. The molecule has 2 aromatic carbocycles. The number of benzene rings is 2. The van der Waals surface area contributed by atoms with Gasteiger partial charge in [0.15, 0.2) is 0 Å². The summed E-state index contributed by atoms with van der Waals surface area (Å²) in [5, 5.41) is 11.2. The van der Waals surface area contributed by atoms with Crippen LogP contribution in [0.15, 0.2) is 48.5 Å². The van der Waals surface area contributed by atoms with Crippen molar-refractivity contribution < 1.29 is 22.9 Å². The first kappa shape index (κ1) is 25.4. The largest absolute Gasteiger partial charge is 0.388 e. The fourth-order valence-electron chi connectivity index (χ4n) is 5.12. The van der Waals surface area contributed by atoms with Crippen LogP contribution in [0, 0.1) is 5.92 Å². The number of fused-ring (bicyclic) bond motifs is 1. The molecular formula is C25H34N2O5S. The van der Waals surface area contributed by atoms with Crippen LogP contribution in [0.5, 0.6) is 0 Å². The summed E-state index contributed by atoms with van der Waals surface area (Å²) in [7, 11) is -3.67. The third-order valence-electron chi connectivity index (χ3n) is 7.05. The number of rotatable bonds is 4. The Kier molecular flexibility index (Phi) is 7.33. The molecule has 0 radical (unpaired) electrons. The Morgan fingerprint density at radius 2 is 1.73 bits per heavy atom. The van der Waals surface area contributed by atoms with E-state index in [4.69, 9.17) is 10.3 Å². The third-order valence-corrected chi connectivity index (χ3v) is 7.05. The van der Waals surface area contributed by atoms with Crippen LogP contribution in [-0.4, -0.2) is 60.4 Å². The number of piperidine rings is 1. The van der Waals surface area contributed by atoms with Crippen LogP contribution in [-0.2, 0) is 28.4 Å². The average molecular weight is 475 g/mol. The molecule has 1 aliphatic carbocycles. The summed E-state index contributed by atoms with van der Waals surface area (Å²) in [5.74, 6) is 0.0373. The molecule has 4 N–H and O–H groups in total. The highest BCUT2D eigenvalue weighted by molar-refractivity contribution is 7.85. The molecule has 1 amide bonds. The maximum atomic E-state index is 11.6. The van der Waals surface area contributed by atoms with Crippen LogP contribution < -0.4 is 5.73 Å². The van der Waals surface area contributed by atoms with Crippen LogP contribution in [0.25, 0.3) is 0 Å². The summed E-state index contributed by atoms with van der Waals surface area (Å²) in [4.78, 5) is 14.0. The van der Waals surface area contributed by atoms with Gasteiger partial charge in [0.05, 0.1) is 11.9 Å². The second-order valence-corrected chi connectivity index (χ2v) is 11.3. The van der Waals surface area contributed by atoms with Crippen molar-refractivity contribution in [3.63, 3.8) is 0 Å². The quantitative estimate of drug-likeness (QED) is 0.585. The van der Waals surface area contributed by atoms with Gasteiger partial charge in [-0.15, -0.1) is 0 Å². The van der Waals surface area contributed by atoms with Crippen molar-refractivity contribution in [2.45, 2.75) is 44.1 Å². The molecule has 0 bridgehead atoms. The molecule has 1 fully saturated rings. The van der Waals surface area contributed by atoms with Gasteiger partial charge in [-0.05, 0) is 53.1 Å². The molecular weight excluding hydrogens is 440 g/mol. The minimum absolute atomic E-state index is 0.00319. The average Bonchev–Trinajstić information content (AvgIpc) is 3.05. The second kappa shape index (κ2) is 9.54. The van der Waals surface area contributed by atoms with Crippen molar-refractivity contribution in [3.8, 4) is 0 Å². The summed E-state index contributed by atoms with van der Waals surface area (Å²) in [5.41, 5.74) is 9.14. The third kappa shape index (κ3) is 6.41. The number of primary amides is 1. The van der Waals surface area contributed by atoms with Crippen LogP contribution >= 0.6 is 0 Å². The Morgan fingerprint density at radius 1 is 1.15 bits per heavy atom. The van der Waals surface area contributed by atoms with Crippen molar-refractivity contribution in [2.75, 3.05) is 25.9 Å². The first-order valence-electron chi connectivity index (χ1n) is 11.1. The van der Waals surface area contributed by atoms with Crippen LogP contribution in [0.2, 0.25) is 0 Å². The molecule has 0 unspecified atom stereocenters. The van der Waals surface area contributed by atoms with E-state index in [-0.39, 0.29) is 11.3 Å². The highest BCUT2D eigenvalue weighted by Crippen LogP contribution is 2.40. The first-order chi connectivity index (χ1) is 15.3. The number of likely N-dealkylation sites (tertiary alicyclic amines) is 1. The summed E-state index contributed by atoms with van der Waals surface area (Å²) in [6.07, 6.45) is 3.20. The first-order valence-corrected chi connectivity index (χ1v) is 13.0. The van der Waals surface area contributed by atoms with Gasteiger partial charge in [-0.1, -0.05) is 50.2 Å². The predicted molar refractivity (Wildman–Crippen MR) is 129 cm³/mol. The number of hydrogen-bond acceptors (Lipinski definition) is 5. The van der Waals surface area contributed by atoms with Gasteiger partial charge in [0.2, 0.25) is 5.91 Å². The lowest BCUT2D eigenvalue weighted by Crippen LogP contribution is -2.52. The van der Waals surface area contributed by atoms with Crippen molar-refractivity contribution in [3.05, 3.63) is 70.8 Å². The minimum atomic E-state index is -3.67. The molecule has 8 heteroatoms. The molecule has 180 valence electrons. The van der Waals surface area contributed by atoms with Gasteiger partial charge in [0.25, 0.3) is 10.1 Å². The molecule has 1 saturated heterocycles. The Morgan fingerprint density at radius 3 is 2.24 bits per heavy atom.